The van der Waals surface area contributed by atoms with Crippen molar-refractivity contribution in [3.8, 4) is 34.5 Å². The van der Waals surface area contributed by atoms with E-state index in [0.717, 1.165) is 0 Å². The number of phenolic OH excluding ortho intramolecular Hbond substituents is 1. The molecular weight excluding hydrogens is 419 g/mol. The van der Waals surface area contributed by atoms with Crippen LogP contribution in [0.3, 0.4) is 0 Å². The number of carbonyl (C=O) groups is 1. The van der Waals surface area contributed by atoms with Gasteiger partial charge < -0.3 is 14.7 Å². The highest BCUT2D eigenvalue weighted by molar-refractivity contribution is 6.33. The van der Waals surface area contributed by atoms with E-state index in [1.807, 2.05) is 17.9 Å². The van der Waals surface area contributed by atoms with Gasteiger partial charge in [0.1, 0.15) is 12.4 Å². The van der Waals surface area contributed by atoms with E-state index in [1.165, 1.54) is 6.07 Å². The van der Waals surface area contributed by atoms with Gasteiger partial charge in [-0.25, -0.2) is 4.39 Å². The molecule has 0 aliphatic carbocycles. The SMILES string of the molecule is CC#Cc1cc2c(c(F)c1-c1c(O)cccc1Cl)OC[C@H]1CN(C(=O)CC)CCN1C2. The number of ether oxygens (including phenoxy) is 1. The first-order valence-corrected chi connectivity index (χ1v) is 10.7. The number of phenols is 1. The van der Waals surface area contributed by atoms with Crippen molar-refractivity contribution in [2.24, 2.45) is 0 Å². The zero-order valence-corrected chi connectivity index (χ0v) is 18.3. The third kappa shape index (κ3) is 3.96. The van der Waals surface area contributed by atoms with Crippen LogP contribution in [0.25, 0.3) is 11.1 Å². The van der Waals surface area contributed by atoms with Crippen LogP contribution in [-0.2, 0) is 11.3 Å². The predicted octanol–water partition coefficient (Wildman–Crippen LogP) is 4.04. The van der Waals surface area contributed by atoms with Crippen molar-refractivity contribution in [3.05, 3.63) is 46.2 Å². The Morgan fingerprint density at radius 2 is 2.16 bits per heavy atom. The fourth-order valence-corrected chi connectivity index (χ4v) is 4.57. The van der Waals surface area contributed by atoms with Gasteiger partial charge in [0.15, 0.2) is 11.6 Å². The Morgan fingerprint density at radius 3 is 2.87 bits per heavy atom. The summed E-state index contributed by atoms with van der Waals surface area (Å²) >= 11 is 6.32. The minimum Gasteiger partial charge on any atom is -0.507 e. The number of hydrogen-bond donors (Lipinski definition) is 1. The molecule has 2 aliphatic heterocycles. The van der Waals surface area contributed by atoms with E-state index in [-0.39, 0.29) is 46.2 Å². The van der Waals surface area contributed by atoms with Crippen LogP contribution in [0.2, 0.25) is 5.02 Å². The number of fused-ring (bicyclic) bond motifs is 2. The number of hydrogen-bond acceptors (Lipinski definition) is 4. The molecule has 2 heterocycles. The highest BCUT2D eigenvalue weighted by Crippen LogP contribution is 2.43. The lowest BCUT2D eigenvalue weighted by atomic mass is 9.95. The van der Waals surface area contributed by atoms with Crippen LogP contribution in [0, 0.1) is 17.7 Å². The van der Waals surface area contributed by atoms with Crippen LogP contribution in [0.15, 0.2) is 24.3 Å². The molecule has 31 heavy (non-hydrogen) atoms. The number of rotatable bonds is 2. The third-order valence-electron chi connectivity index (χ3n) is 5.85. The predicted molar refractivity (Wildman–Crippen MR) is 118 cm³/mol. The van der Waals surface area contributed by atoms with Gasteiger partial charge in [-0.2, -0.15) is 0 Å². The van der Waals surface area contributed by atoms with Gasteiger partial charge in [0, 0.05) is 54.9 Å². The van der Waals surface area contributed by atoms with Crippen molar-refractivity contribution in [2.45, 2.75) is 32.9 Å². The van der Waals surface area contributed by atoms with Crippen LogP contribution in [0.1, 0.15) is 31.4 Å². The fourth-order valence-electron chi connectivity index (χ4n) is 4.30. The van der Waals surface area contributed by atoms with Crippen LogP contribution < -0.4 is 4.74 Å². The lowest BCUT2D eigenvalue weighted by Crippen LogP contribution is -2.55. The number of halogens is 2. The topological polar surface area (TPSA) is 53.0 Å². The molecule has 2 aromatic carbocycles. The Labute approximate surface area is 186 Å². The average Bonchev–Trinajstić information content (AvgIpc) is 2.94. The van der Waals surface area contributed by atoms with Gasteiger partial charge in [0.05, 0.1) is 11.1 Å². The van der Waals surface area contributed by atoms with Gasteiger partial charge in [0.2, 0.25) is 5.91 Å². The molecule has 1 atom stereocenters. The Bertz CT molecular complexity index is 1070. The molecule has 0 aromatic heterocycles. The van der Waals surface area contributed by atoms with Crippen LogP contribution >= 0.6 is 11.6 Å². The van der Waals surface area contributed by atoms with Gasteiger partial charge in [0.25, 0.3) is 0 Å². The minimum absolute atomic E-state index is 0.0195. The molecule has 0 radical (unpaired) electrons. The average molecular weight is 443 g/mol. The Kier molecular flexibility index (Phi) is 6.08. The van der Waals surface area contributed by atoms with Crippen LogP contribution in [0.4, 0.5) is 4.39 Å². The minimum atomic E-state index is -0.583. The Balaban J connectivity index is 1.78. The number of carbonyl (C=O) groups excluding carboxylic acids is 1. The van der Waals surface area contributed by atoms with Gasteiger partial charge in [-0.3, -0.25) is 9.69 Å². The summed E-state index contributed by atoms with van der Waals surface area (Å²) in [4.78, 5) is 16.2. The molecule has 0 spiro atoms. The standard InChI is InChI=1S/C24H24ClFN2O3/c1-3-6-15-11-16-12-27-9-10-28(20(30)4-2)13-17(27)14-31-24(16)23(26)21(15)22-18(25)7-5-8-19(22)29/h5,7-8,11,17,29H,4,9-10,12-14H2,1-2H3/t17-/m1/s1. The summed E-state index contributed by atoms with van der Waals surface area (Å²) in [5.74, 6) is 5.34. The first-order chi connectivity index (χ1) is 14.9. The van der Waals surface area contributed by atoms with Crippen molar-refractivity contribution in [2.75, 3.05) is 26.2 Å². The fraction of sp³-hybridized carbons (Fsp3) is 0.375. The zero-order valence-electron chi connectivity index (χ0n) is 17.5. The summed E-state index contributed by atoms with van der Waals surface area (Å²) in [6, 6.07) is 6.47. The van der Waals surface area contributed by atoms with Gasteiger partial charge in [-0.15, -0.1) is 5.92 Å². The summed E-state index contributed by atoms with van der Waals surface area (Å²) < 4.78 is 21.8. The molecule has 0 saturated carbocycles. The molecule has 1 saturated heterocycles. The van der Waals surface area contributed by atoms with E-state index in [4.69, 9.17) is 16.3 Å². The van der Waals surface area contributed by atoms with E-state index < -0.39 is 5.82 Å². The quantitative estimate of drug-likeness (QED) is 0.713. The Morgan fingerprint density at radius 1 is 1.35 bits per heavy atom. The molecular formula is C24H24ClFN2O3. The highest BCUT2D eigenvalue weighted by atomic mass is 35.5. The van der Waals surface area contributed by atoms with E-state index in [1.54, 1.807) is 19.1 Å². The van der Waals surface area contributed by atoms with E-state index in [9.17, 15) is 9.90 Å². The Hall–Kier alpha value is -2.75. The monoisotopic (exact) mass is 442 g/mol. The van der Waals surface area contributed by atoms with E-state index in [2.05, 4.69) is 16.7 Å². The zero-order chi connectivity index (χ0) is 22.1. The maximum Gasteiger partial charge on any atom is 0.222 e. The molecule has 0 unspecified atom stereocenters. The summed E-state index contributed by atoms with van der Waals surface area (Å²) in [7, 11) is 0. The number of benzene rings is 2. The van der Waals surface area contributed by atoms with Gasteiger partial charge >= 0.3 is 0 Å². The van der Waals surface area contributed by atoms with Crippen LogP contribution in [-0.4, -0.2) is 53.1 Å². The molecule has 2 aliphatic rings. The van der Waals surface area contributed by atoms with Crippen molar-refractivity contribution in [3.63, 3.8) is 0 Å². The maximum absolute atomic E-state index is 15.9. The van der Waals surface area contributed by atoms with Gasteiger partial charge in [-0.1, -0.05) is 30.5 Å². The second kappa shape index (κ2) is 8.78. The smallest absolute Gasteiger partial charge is 0.222 e. The number of piperazine rings is 1. The van der Waals surface area contributed by atoms with E-state index >= 15 is 4.39 Å². The normalized spacial score (nSPS) is 18.2. The van der Waals surface area contributed by atoms with Crippen molar-refractivity contribution in [1.82, 2.24) is 9.80 Å². The van der Waals surface area contributed by atoms with Crippen molar-refractivity contribution >= 4 is 17.5 Å². The third-order valence-corrected chi connectivity index (χ3v) is 6.17. The second-order valence-electron chi connectivity index (χ2n) is 7.74. The molecule has 4 rings (SSSR count). The number of amides is 1. The number of nitrogens with zero attached hydrogens (tertiary/aromatic N) is 2. The van der Waals surface area contributed by atoms with Crippen LogP contribution in [0.5, 0.6) is 11.5 Å². The summed E-state index contributed by atoms with van der Waals surface area (Å²) in [6.45, 7) is 6.20. The highest BCUT2D eigenvalue weighted by Gasteiger charge is 2.34. The lowest BCUT2D eigenvalue weighted by Gasteiger charge is -2.39. The second-order valence-corrected chi connectivity index (χ2v) is 8.15. The molecule has 2 aromatic rings. The summed E-state index contributed by atoms with van der Waals surface area (Å²) in [5.41, 5.74) is 1.48. The van der Waals surface area contributed by atoms with Crippen molar-refractivity contribution < 1.29 is 19.0 Å². The maximum atomic E-state index is 15.9. The molecule has 1 fully saturated rings. The molecule has 162 valence electrons. The summed E-state index contributed by atoms with van der Waals surface area (Å²) in [6.07, 6.45) is 0.464. The molecule has 0 bridgehead atoms. The molecule has 5 nitrogen and oxygen atoms in total. The molecule has 7 heteroatoms. The number of aromatic hydroxyl groups is 1. The largest absolute Gasteiger partial charge is 0.507 e. The molecule has 1 N–H and O–H groups in total. The summed E-state index contributed by atoms with van der Waals surface area (Å²) in [5, 5.41) is 10.6. The van der Waals surface area contributed by atoms with E-state index in [0.29, 0.717) is 43.7 Å². The first-order valence-electron chi connectivity index (χ1n) is 10.3. The van der Waals surface area contributed by atoms with Gasteiger partial charge in [-0.05, 0) is 25.1 Å². The lowest BCUT2D eigenvalue weighted by molar-refractivity contribution is -0.134. The first kappa shape index (κ1) is 21.5. The molecule has 1 amide bonds. The van der Waals surface area contributed by atoms with Crippen molar-refractivity contribution in [1.29, 1.82) is 0 Å².